The Morgan fingerprint density at radius 3 is 2.41 bits per heavy atom. The summed E-state index contributed by atoms with van der Waals surface area (Å²) in [6.45, 7) is 6.73. The first kappa shape index (κ1) is 29.8. The predicted molar refractivity (Wildman–Crippen MR) is 148 cm³/mol. The van der Waals surface area contributed by atoms with Gasteiger partial charge in [-0.25, -0.2) is 13.2 Å². The van der Waals surface area contributed by atoms with Gasteiger partial charge in [0.25, 0.3) is 5.92 Å². The molecule has 3 fully saturated rings. The van der Waals surface area contributed by atoms with Crippen molar-refractivity contribution in [2.75, 3.05) is 44.6 Å². The molecule has 1 aromatic carbocycles. The summed E-state index contributed by atoms with van der Waals surface area (Å²) in [5, 5.41) is 5.64. The number of nitrogens with zero attached hydrogens (tertiary/aromatic N) is 2. The van der Waals surface area contributed by atoms with Crippen molar-refractivity contribution in [1.29, 1.82) is 0 Å². The molecule has 3 saturated heterocycles. The summed E-state index contributed by atoms with van der Waals surface area (Å²) < 4.78 is 45.8. The summed E-state index contributed by atoms with van der Waals surface area (Å²) in [5.41, 5.74) is 1.09. The quantitative estimate of drug-likeness (QED) is 0.420. The molecule has 2 atom stereocenters. The SMILES string of the molecule is CCCC(CCC)CN1CCC(N2CCC(c3ccc(NC4CCC(=O)CNC4=O)cc3F)CC2)C(F)(F)C1. The molecule has 3 aliphatic rings. The molecule has 3 aliphatic heterocycles. The highest BCUT2D eigenvalue weighted by Crippen LogP contribution is 2.37. The van der Waals surface area contributed by atoms with E-state index in [2.05, 4.69) is 24.5 Å². The number of amides is 1. The van der Waals surface area contributed by atoms with Crippen LogP contribution in [0.3, 0.4) is 0 Å². The largest absolute Gasteiger partial charge is 0.374 e. The van der Waals surface area contributed by atoms with Gasteiger partial charge >= 0.3 is 0 Å². The lowest BCUT2D eigenvalue weighted by atomic mass is 9.86. The average molecular weight is 551 g/mol. The first-order valence-electron chi connectivity index (χ1n) is 14.9. The highest BCUT2D eigenvalue weighted by atomic mass is 19.3. The molecule has 39 heavy (non-hydrogen) atoms. The first-order valence-corrected chi connectivity index (χ1v) is 14.9. The number of Topliss-reactive ketones (excluding diaryl/α,β-unsaturated/α-hetero) is 1. The topological polar surface area (TPSA) is 64.7 Å². The summed E-state index contributed by atoms with van der Waals surface area (Å²) in [6, 6.07) is 3.57. The summed E-state index contributed by atoms with van der Waals surface area (Å²) in [4.78, 5) is 27.7. The van der Waals surface area contributed by atoms with E-state index < -0.39 is 18.0 Å². The Labute approximate surface area is 231 Å². The molecule has 0 bridgehead atoms. The normalized spacial score (nSPS) is 25.5. The van der Waals surface area contributed by atoms with Crippen LogP contribution in [-0.4, -0.2) is 78.8 Å². The molecule has 2 N–H and O–H groups in total. The smallest absolute Gasteiger partial charge is 0.275 e. The standard InChI is InChI=1S/C30H45F3N4O2/c1-3-5-21(6-4-2)19-36-14-13-28(30(32,33)20-36)37-15-11-22(12-16-37)25-9-7-23(17-26(25)31)35-27-10-8-24(38)18-34-29(27)39/h7,9,17,21-22,27-28,35H,3-6,8,10-16,18-20H2,1-2H3,(H,34,39). The van der Waals surface area contributed by atoms with Crippen LogP contribution in [0.1, 0.15) is 83.1 Å². The van der Waals surface area contributed by atoms with Gasteiger partial charge < -0.3 is 10.6 Å². The fraction of sp³-hybridized carbons (Fsp3) is 0.733. The number of rotatable bonds is 10. The van der Waals surface area contributed by atoms with Crippen molar-refractivity contribution in [2.45, 2.75) is 95.6 Å². The monoisotopic (exact) mass is 550 g/mol. The van der Waals surface area contributed by atoms with Crippen LogP contribution in [0.5, 0.6) is 0 Å². The molecular weight excluding hydrogens is 505 g/mol. The van der Waals surface area contributed by atoms with Crippen molar-refractivity contribution < 1.29 is 22.8 Å². The highest BCUT2D eigenvalue weighted by Gasteiger charge is 2.48. The number of carbonyl (C=O) groups is 2. The number of likely N-dealkylation sites (tertiary alicyclic amines) is 2. The zero-order valence-electron chi connectivity index (χ0n) is 23.5. The van der Waals surface area contributed by atoms with Crippen molar-refractivity contribution in [2.24, 2.45) is 5.92 Å². The van der Waals surface area contributed by atoms with Gasteiger partial charge in [0.15, 0.2) is 5.78 Å². The second-order valence-corrected chi connectivity index (χ2v) is 11.8. The Morgan fingerprint density at radius 1 is 1.05 bits per heavy atom. The Balaban J connectivity index is 1.30. The van der Waals surface area contributed by atoms with Crippen LogP contribution in [0, 0.1) is 11.7 Å². The second kappa shape index (κ2) is 13.5. The number of halogens is 3. The van der Waals surface area contributed by atoms with E-state index in [1.807, 2.05) is 9.80 Å². The number of hydrogen-bond acceptors (Lipinski definition) is 5. The summed E-state index contributed by atoms with van der Waals surface area (Å²) >= 11 is 0. The number of hydrogen-bond donors (Lipinski definition) is 2. The molecule has 4 rings (SSSR count). The van der Waals surface area contributed by atoms with Crippen LogP contribution in [-0.2, 0) is 9.59 Å². The molecule has 0 spiro atoms. The minimum absolute atomic E-state index is 0.0172. The molecule has 6 nitrogen and oxygen atoms in total. The molecule has 218 valence electrons. The van der Waals surface area contributed by atoms with Gasteiger partial charge in [0.2, 0.25) is 5.91 Å². The molecule has 2 unspecified atom stereocenters. The third-order valence-electron chi connectivity index (χ3n) is 8.79. The van der Waals surface area contributed by atoms with Crippen molar-refractivity contribution in [3.63, 3.8) is 0 Å². The number of nitrogens with one attached hydrogen (secondary N) is 2. The molecule has 0 saturated carbocycles. The highest BCUT2D eigenvalue weighted by molar-refractivity contribution is 5.92. The molecular formula is C30H45F3N4O2. The third-order valence-corrected chi connectivity index (χ3v) is 8.79. The molecule has 9 heteroatoms. The zero-order chi connectivity index (χ0) is 28.0. The van der Waals surface area contributed by atoms with Gasteiger partial charge in [-0.3, -0.25) is 19.4 Å². The van der Waals surface area contributed by atoms with E-state index in [1.54, 1.807) is 12.1 Å². The van der Waals surface area contributed by atoms with Crippen molar-refractivity contribution in [3.05, 3.63) is 29.6 Å². The minimum Gasteiger partial charge on any atom is -0.374 e. The molecule has 0 aliphatic carbocycles. The van der Waals surface area contributed by atoms with Gasteiger partial charge in [-0.1, -0.05) is 32.8 Å². The van der Waals surface area contributed by atoms with Gasteiger partial charge in [-0.2, -0.15) is 0 Å². The van der Waals surface area contributed by atoms with Crippen LogP contribution in [0.15, 0.2) is 18.2 Å². The number of benzene rings is 1. The van der Waals surface area contributed by atoms with E-state index in [9.17, 15) is 9.59 Å². The Bertz CT molecular complexity index is 977. The summed E-state index contributed by atoms with van der Waals surface area (Å²) in [7, 11) is 0. The van der Waals surface area contributed by atoms with Gasteiger partial charge in [0.05, 0.1) is 19.1 Å². The molecule has 0 radical (unpaired) electrons. The Hall–Kier alpha value is -2.13. The van der Waals surface area contributed by atoms with Crippen molar-refractivity contribution in [3.8, 4) is 0 Å². The number of piperidine rings is 2. The number of ketones is 1. The number of carbonyl (C=O) groups excluding carboxylic acids is 2. The minimum atomic E-state index is -2.75. The first-order chi connectivity index (χ1) is 18.7. The Kier molecular flexibility index (Phi) is 10.3. The Morgan fingerprint density at radius 2 is 1.77 bits per heavy atom. The van der Waals surface area contributed by atoms with Crippen molar-refractivity contribution in [1.82, 2.24) is 15.1 Å². The summed E-state index contributed by atoms with van der Waals surface area (Å²) in [6.07, 6.45) is 6.79. The molecule has 1 amide bonds. The van der Waals surface area contributed by atoms with E-state index in [0.717, 1.165) is 32.2 Å². The predicted octanol–water partition coefficient (Wildman–Crippen LogP) is 5.19. The zero-order valence-corrected chi connectivity index (χ0v) is 23.5. The second-order valence-electron chi connectivity index (χ2n) is 11.8. The van der Waals surface area contributed by atoms with Gasteiger partial charge in [-0.05, 0) is 81.1 Å². The van der Waals surface area contributed by atoms with Crippen LogP contribution in [0.2, 0.25) is 0 Å². The van der Waals surface area contributed by atoms with Crippen LogP contribution in [0.4, 0.5) is 18.9 Å². The lowest BCUT2D eigenvalue weighted by Crippen LogP contribution is -2.60. The van der Waals surface area contributed by atoms with Gasteiger partial charge in [-0.15, -0.1) is 0 Å². The van der Waals surface area contributed by atoms with E-state index >= 15 is 13.2 Å². The third kappa shape index (κ3) is 7.75. The lowest BCUT2D eigenvalue weighted by Gasteiger charge is -2.46. The average Bonchev–Trinajstić information content (AvgIpc) is 3.05. The molecule has 0 aromatic heterocycles. The summed E-state index contributed by atoms with van der Waals surface area (Å²) in [5.74, 6) is -2.91. The van der Waals surface area contributed by atoms with E-state index in [-0.39, 0.29) is 36.5 Å². The van der Waals surface area contributed by atoms with Crippen molar-refractivity contribution >= 4 is 17.4 Å². The maximum atomic E-state index is 15.3. The molecule has 3 heterocycles. The fourth-order valence-electron chi connectivity index (χ4n) is 6.76. The van der Waals surface area contributed by atoms with Gasteiger partial charge in [0.1, 0.15) is 11.9 Å². The van der Waals surface area contributed by atoms with Crippen LogP contribution in [0.25, 0.3) is 0 Å². The number of anilines is 1. The maximum absolute atomic E-state index is 15.3. The maximum Gasteiger partial charge on any atom is 0.275 e. The van der Waals surface area contributed by atoms with Crippen LogP contribution >= 0.6 is 0 Å². The molecule has 1 aromatic rings. The van der Waals surface area contributed by atoms with E-state index in [0.29, 0.717) is 68.9 Å². The van der Waals surface area contributed by atoms with Gasteiger partial charge in [0, 0.05) is 25.2 Å². The fourth-order valence-corrected chi connectivity index (χ4v) is 6.76. The lowest BCUT2D eigenvalue weighted by molar-refractivity contribution is -0.133. The van der Waals surface area contributed by atoms with E-state index in [1.165, 1.54) is 6.07 Å². The van der Waals surface area contributed by atoms with Crippen LogP contribution < -0.4 is 10.6 Å². The number of alkyl halides is 2. The van der Waals surface area contributed by atoms with E-state index in [4.69, 9.17) is 0 Å².